The van der Waals surface area contributed by atoms with Gasteiger partial charge >= 0.3 is 0 Å². The van der Waals surface area contributed by atoms with Gasteiger partial charge in [0.15, 0.2) is 0 Å². The van der Waals surface area contributed by atoms with Gasteiger partial charge in [0, 0.05) is 12.6 Å². The van der Waals surface area contributed by atoms with E-state index in [0.717, 1.165) is 18.9 Å². The maximum Gasteiger partial charge on any atom is 0.0662 e. The minimum Gasteiger partial charge on any atom is -0.392 e. The van der Waals surface area contributed by atoms with Crippen molar-refractivity contribution in [2.75, 3.05) is 6.54 Å². The summed E-state index contributed by atoms with van der Waals surface area (Å²) in [5.41, 5.74) is 0. The molecule has 0 heterocycles. The van der Waals surface area contributed by atoms with Gasteiger partial charge < -0.3 is 10.4 Å². The van der Waals surface area contributed by atoms with Crippen molar-refractivity contribution >= 4 is 0 Å². The molecule has 1 aliphatic rings. The topological polar surface area (TPSA) is 32.3 Å². The zero-order valence-electron chi connectivity index (χ0n) is 8.92. The molecule has 0 radical (unpaired) electrons. The van der Waals surface area contributed by atoms with Crippen molar-refractivity contribution in [3.63, 3.8) is 0 Å². The zero-order valence-corrected chi connectivity index (χ0v) is 8.92. The predicted molar refractivity (Wildman–Crippen MR) is 55.7 cm³/mol. The fourth-order valence-electron chi connectivity index (χ4n) is 2.08. The van der Waals surface area contributed by atoms with Gasteiger partial charge in [0.05, 0.1) is 6.10 Å². The molecule has 0 aromatic carbocycles. The first kappa shape index (κ1) is 11.0. The summed E-state index contributed by atoms with van der Waals surface area (Å²) in [4.78, 5) is 0. The molecule has 0 amide bonds. The highest BCUT2D eigenvalue weighted by Crippen LogP contribution is 2.27. The van der Waals surface area contributed by atoms with Gasteiger partial charge in [-0.3, -0.25) is 0 Å². The normalized spacial score (nSPS) is 30.7. The molecule has 2 heteroatoms. The molecule has 78 valence electrons. The molecule has 0 spiro atoms. The number of rotatable bonds is 5. The molecule has 0 saturated heterocycles. The van der Waals surface area contributed by atoms with Crippen LogP contribution in [0, 0.1) is 5.92 Å². The number of nitrogens with one attached hydrogen (secondary N) is 1. The number of aliphatic hydroxyl groups is 1. The first-order chi connectivity index (χ1) is 6.26. The Balaban J connectivity index is 2.10. The Bertz CT molecular complexity index is 138. The third-order valence-corrected chi connectivity index (χ3v) is 3.23. The number of hydrogen-bond donors (Lipinski definition) is 2. The van der Waals surface area contributed by atoms with Gasteiger partial charge in [-0.15, -0.1) is 0 Å². The van der Waals surface area contributed by atoms with Crippen LogP contribution < -0.4 is 5.32 Å². The largest absolute Gasteiger partial charge is 0.392 e. The van der Waals surface area contributed by atoms with Gasteiger partial charge in [-0.05, 0) is 31.6 Å². The Morgan fingerprint density at radius 1 is 1.38 bits per heavy atom. The fraction of sp³-hybridized carbons (Fsp3) is 1.00. The van der Waals surface area contributed by atoms with Crippen molar-refractivity contribution in [2.24, 2.45) is 5.92 Å². The summed E-state index contributed by atoms with van der Waals surface area (Å²) in [5, 5.41) is 12.8. The summed E-state index contributed by atoms with van der Waals surface area (Å²) in [6, 6.07) is 0.672. The van der Waals surface area contributed by atoms with Gasteiger partial charge in [-0.25, -0.2) is 0 Å². The van der Waals surface area contributed by atoms with Crippen LogP contribution in [0.15, 0.2) is 0 Å². The second-order valence-electron chi connectivity index (χ2n) is 4.25. The molecule has 1 rings (SSSR count). The van der Waals surface area contributed by atoms with Crippen molar-refractivity contribution in [3.05, 3.63) is 0 Å². The lowest BCUT2D eigenvalue weighted by Crippen LogP contribution is -2.33. The second-order valence-corrected chi connectivity index (χ2v) is 4.25. The fourth-order valence-corrected chi connectivity index (χ4v) is 2.08. The van der Waals surface area contributed by atoms with E-state index >= 15 is 0 Å². The molecule has 0 aromatic heterocycles. The third kappa shape index (κ3) is 3.65. The lowest BCUT2D eigenvalue weighted by molar-refractivity contribution is 0.162. The van der Waals surface area contributed by atoms with Crippen LogP contribution in [0.4, 0.5) is 0 Å². The summed E-state index contributed by atoms with van der Waals surface area (Å²) < 4.78 is 0. The summed E-state index contributed by atoms with van der Waals surface area (Å²) in [6.45, 7) is 5.07. The molecule has 1 saturated carbocycles. The Kier molecular flexibility index (Phi) is 4.74. The summed E-state index contributed by atoms with van der Waals surface area (Å²) >= 11 is 0. The van der Waals surface area contributed by atoms with Crippen molar-refractivity contribution in [1.29, 1.82) is 0 Å². The molecular weight excluding hydrogens is 162 g/mol. The maximum atomic E-state index is 9.38. The van der Waals surface area contributed by atoms with E-state index in [9.17, 15) is 5.11 Å². The van der Waals surface area contributed by atoms with E-state index in [-0.39, 0.29) is 6.10 Å². The Morgan fingerprint density at radius 2 is 2.15 bits per heavy atom. The highest BCUT2D eigenvalue weighted by Gasteiger charge is 2.22. The van der Waals surface area contributed by atoms with E-state index in [0.29, 0.717) is 6.04 Å². The third-order valence-electron chi connectivity index (χ3n) is 3.23. The molecule has 0 bridgehead atoms. The number of aliphatic hydroxyl groups excluding tert-OH is 1. The maximum absolute atomic E-state index is 9.38. The van der Waals surface area contributed by atoms with Crippen LogP contribution in [0.2, 0.25) is 0 Å². The standard InChI is InChI=1S/C11H23NO/c1-3-9-5-6-10(7-9)12-8-11(13)4-2/h9-13H,3-8H2,1-2H3. The first-order valence-electron chi connectivity index (χ1n) is 5.67. The zero-order chi connectivity index (χ0) is 9.68. The minimum absolute atomic E-state index is 0.152. The summed E-state index contributed by atoms with van der Waals surface area (Å²) in [5.74, 6) is 0.927. The molecule has 3 atom stereocenters. The molecular formula is C11H23NO. The van der Waals surface area contributed by atoms with Crippen molar-refractivity contribution in [2.45, 2.75) is 58.1 Å². The van der Waals surface area contributed by atoms with Gasteiger partial charge in [-0.2, -0.15) is 0 Å². The van der Waals surface area contributed by atoms with Gasteiger partial charge in [0.1, 0.15) is 0 Å². The van der Waals surface area contributed by atoms with Crippen molar-refractivity contribution in [1.82, 2.24) is 5.32 Å². The van der Waals surface area contributed by atoms with E-state index in [2.05, 4.69) is 12.2 Å². The molecule has 13 heavy (non-hydrogen) atoms. The molecule has 2 N–H and O–H groups in total. The minimum atomic E-state index is -0.152. The summed E-state index contributed by atoms with van der Waals surface area (Å²) in [7, 11) is 0. The first-order valence-corrected chi connectivity index (χ1v) is 5.67. The SMILES string of the molecule is CCC(O)CNC1CCC(CC)C1. The Labute approximate surface area is 81.7 Å². The van der Waals surface area contributed by atoms with Crippen LogP contribution in [-0.4, -0.2) is 23.8 Å². The van der Waals surface area contributed by atoms with E-state index in [1.54, 1.807) is 0 Å². The smallest absolute Gasteiger partial charge is 0.0662 e. The highest BCUT2D eigenvalue weighted by molar-refractivity contribution is 4.80. The molecule has 2 nitrogen and oxygen atoms in total. The molecule has 1 fully saturated rings. The van der Waals surface area contributed by atoms with Gasteiger partial charge in [0.25, 0.3) is 0 Å². The molecule has 1 aliphatic carbocycles. The van der Waals surface area contributed by atoms with Crippen LogP contribution in [0.5, 0.6) is 0 Å². The lowest BCUT2D eigenvalue weighted by atomic mass is 10.1. The quantitative estimate of drug-likeness (QED) is 0.686. The highest BCUT2D eigenvalue weighted by atomic mass is 16.3. The Hall–Kier alpha value is -0.0800. The van der Waals surface area contributed by atoms with E-state index in [1.807, 2.05) is 6.92 Å². The van der Waals surface area contributed by atoms with E-state index < -0.39 is 0 Å². The van der Waals surface area contributed by atoms with E-state index in [4.69, 9.17) is 0 Å². The van der Waals surface area contributed by atoms with Crippen LogP contribution >= 0.6 is 0 Å². The van der Waals surface area contributed by atoms with Crippen LogP contribution in [0.1, 0.15) is 46.0 Å². The predicted octanol–water partition coefficient (Wildman–Crippen LogP) is 1.93. The average Bonchev–Trinajstić information content (AvgIpc) is 2.61. The molecule has 0 aromatic rings. The van der Waals surface area contributed by atoms with Crippen molar-refractivity contribution in [3.8, 4) is 0 Å². The van der Waals surface area contributed by atoms with Gasteiger partial charge in [0.2, 0.25) is 0 Å². The van der Waals surface area contributed by atoms with E-state index in [1.165, 1.54) is 25.7 Å². The van der Waals surface area contributed by atoms with Crippen molar-refractivity contribution < 1.29 is 5.11 Å². The van der Waals surface area contributed by atoms with Crippen LogP contribution in [0.25, 0.3) is 0 Å². The Morgan fingerprint density at radius 3 is 2.69 bits per heavy atom. The lowest BCUT2D eigenvalue weighted by Gasteiger charge is -2.15. The average molecular weight is 185 g/mol. The molecule has 3 unspecified atom stereocenters. The molecule has 0 aliphatic heterocycles. The van der Waals surface area contributed by atoms with Crippen LogP contribution in [-0.2, 0) is 0 Å². The monoisotopic (exact) mass is 185 g/mol. The van der Waals surface area contributed by atoms with Gasteiger partial charge in [-0.1, -0.05) is 20.3 Å². The van der Waals surface area contributed by atoms with Crippen LogP contribution in [0.3, 0.4) is 0 Å². The second kappa shape index (κ2) is 5.61. The number of hydrogen-bond acceptors (Lipinski definition) is 2. The summed E-state index contributed by atoms with van der Waals surface area (Å²) in [6.07, 6.45) is 6.00.